The highest BCUT2D eigenvalue weighted by Gasteiger charge is 2.19. The molecule has 0 aromatic rings. The third kappa shape index (κ3) is 4.21. The Bertz CT molecular complexity index is 256. The second kappa shape index (κ2) is 6.27. The molecule has 0 bridgehead atoms. The standard InChI is InChI=1S/C14H27N3/c1-11-5-4-6-12(9-11)10-16-14(15)17-13-7-2-3-8-13/h11-13H,2-10H2,1H3,(H3,15,16,17). The van der Waals surface area contributed by atoms with Crippen molar-refractivity contribution in [2.24, 2.45) is 22.6 Å². The first-order chi connectivity index (χ1) is 8.24. The maximum Gasteiger partial charge on any atom is 0.188 e. The molecule has 0 aromatic carbocycles. The zero-order valence-electron chi connectivity index (χ0n) is 11.1. The summed E-state index contributed by atoms with van der Waals surface area (Å²) in [6.45, 7) is 3.28. The molecular weight excluding hydrogens is 210 g/mol. The summed E-state index contributed by atoms with van der Waals surface area (Å²) < 4.78 is 0. The molecule has 0 aromatic heterocycles. The minimum atomic E-state index is 0.587. The van der Waals surface area contributed by atoms with E-state index >= 15 is 0 Å². The molecule has 2 fully saturated rings. The molecule has 3 heteroatoms. The van der Waals surface area contributed by atoms with E-state index < -0.39 is 0 Å². The van der Waals surface area contributed by atoms with Crippen LogP contribution in [0.5, 0.6) is 0 Å². The zero-order chi connectivity index (χ0) is 12.1. The second-order valence-corrected chi connectivity index (χ2v) is 5.99. The summed E-state index contributed by atoms with van der Waals surface area (Å²) in [4.78, 5) is 4.53. The fourth-order valence-corrected chi connectivity index (χ4v) is 3.28. The normalized spacial score (nSPS) is 31.7. The van der Waals surface area contributed by atoms with E-state index in [1.165, 1.54) is 51.4 Å². The first-order valence-corrected chi connectivity index (χ1v) is 7.30. The van der Waals surface area contributed by atoms with Crippen LogP contribution in [0.25, 0.3) is 0 Å². The van der Waals surface area contributed by atoms with Crippen molar-refractivity contribution in [1.29, 1.82) is 0 Å². The molecular formula is C14H27N3. The van der Waals surface area contributed by atoms with Crippen molar-refractivity contribution in [3.63, 3.8) is 0 Å². The molecule has 0 heterocycles. The van der Waals surface area contributed by atoms with Gasteiger partial charge in [-0.1, -0.05) is 32.6 Å². The van der Waals surface area contributed by atoms with E-state index in [4.69, 9.17) is 5.73 Å². The van der Waals surface area contributed by atoms with Crippen LogP contribution >= 0.6 is 0 Å². The molecule has 2 aliphatic carbocycles. The average Bonchev–Trinajstić information content (AvgIpc) is 2.79. The van der Waals surface area contributed by atoms with Gasteiger partial charge in [0, 0.05) is 12.6 Å². The predicted molar refractivity (Wildman–Crippen MR) is 73.0 cm³/mol. The number of rotatable bonds is 3. The Balaban J connectivity index is 1.70. The van der Waals surface area contributed by atoms with E-state index in [1.807, 2.05) is 0 Å². The SMILES string of the molecule is CC1CCCC(CN=C(N)NC2CCCC2)C1. The van der Waals surface area contributed by atoms with Gasteiger partial charge in [0.15, 0.2) is 5.96 Å². The summed E-state index contributed by atoms with van der Waals surface area (Å²) >= 11 is 0. The minimum absolute atomic E-state index is 0.587. The van der Waals surface area contributed by atoms with Crippen molar-refractivity contribution < 1.29 is 0 Å². The molecule has 2 aliphatic rings. The Hall–Kier alpha value is -0.730. The maximum absolute atomic E-state index is 5.94. The Morgan fingerprint density at radius 3 is 2.65 bits per heavy atom. The lowest BCUT2D eigenvalue weighted by molar-refractivity contribution is 0.289. The van der Waals surface area contributed by atoms with Gasteiger partial charge in [0.25, 0.3) is 0 Å². The van der Waals surface area contributed by atoms with Gasteiger partial charge in [0.2, 0.25) is 0 Å². The monoisotopic (exact) mass is 237 g/mol. The van der Waals surface area contributed by atoms with Crippen LogP contribution in [0.3, 0.4) is 0 Å². The van der Waals surface area contributed by atoms with Gasteiger partial charge in [-0.05, 0) is 37.5 Å². The molecule has 0 spiro atoms. The van der Waals surface area contributed by atoms with Crippen molar-refractivity contribution in [2.75, 3.05) is 6.54 Å². The number of aliphatic imine (C=N–C) groups is 1. The van der Waals surface area contributed by atoms with Gasteiger partial charge in [-0.2, -0.15) is 0 Å². The molecule has 0 aliphatic heterocycles. The van der Waals surface area contributed by atoms with Crippen LogP contribution in [-0.2, 0) is 0 Å². The van der Waals surface area contributed by atoms with Crippen molar-refractivity contribution in [2.45, 2.75) is 64.3 Å². The highest BCUT2D eigenvalue weighted by molar-refractivity contribution is 5.78. The van der Waals surface area contributed by atoms with Crippen LogP contribution in [-0.4, -0.2) is 18.5 Å². The van der Waals surface area contributed by atoms with Crippen LogP contribution < -0.4 is 11.1 Å². The molecule has 2 saturated carbocycles. The molecule has 2 atom stereocenters. The Morgan fingerprint density at radius 1 is 1.18 bits per heavy atom. The summed E-state index contributed by atoms with van der Waals surface area (Å²) in [5.74, 6) is 2.32. The molecule has 3 nitrogen and oxygen atoms in total. The van der Waals surface area contributed by atoms with Crippen molar-refractivity contribution >= 4 is 5.96 Å². The molecule has 0 amide bonds. The van der Waals surface area contributed by atoms with Crippen LogP contribution in [0, 0.1) is 11.8 Å². The number of nitrogens with two attached hydrogens (primary N) is 1. The number of guanidine groups is 1. The van der Waals surface area contributed by atoms with Gasteiger partial charge < -0.3 is 11.1 Å². The second-order valence-electron chi connectivity index (χ2n) is 5.99. The number of hydrogen-bond donors (Lipinski definition) is 2. The largest absolute Gasteiger partial charge is 0.370 e. The van der Waals surface area contributed by atoms with Crippen molar-refractivity contribution in [3.8, 4) is 0 Å². The first kappa shape index (κ1) is 12.7. The van der Waals surface area contributed by atoms with E-state index in [2.05, 4.69) is 17.2 Å². The first-order valence-electron chi connectivity index (χ1n) is 7.30. The third-order valence-corrected chi connectivity index (χ3v) is 4.27. The molecule has 0 radical (unpaired) electrons. The van der Waals surface area contributed by atoms with Gasteiger partial charge in [-0.15, -0.1) is 0 Å². The average molecular weight is 237 g/mol. The minimum Gasteiger partial charge on any atom is -0.370 e. The van der Waals surface area contributed by atoms with Gasteiger partial charge >= 0.3 is 0 Å². The molecule has 98 valence electrons. The Morgan fingerprint density at radius 2 is 1.94 bits per heavy atom. The van der Waals surface area contributed by atoms with E-state index in [1.54, 1.807) is 0 Å². The predicted octanol–water partition coefficient (Wildman–Crippen LogP) is 2.66. The number of nitrogens with zero attached hydrogens (tertiary/aromatic N) is 1. The molecule has 17 heavy (non-hydrogen) atoms. The molecule has 2 unspecified atom stereocenters. The lowest BCUT2D eigenvalue weighted by atomic mass is 9.82. The fraction of sp³-hybridized carbons (Fsp3) is 0.929. The van der Waals surface area contributed by atoms with E-state index in [0.717, 1.165) is 18.4 Å². The molecule has 3 N–H and O–H groups in total. The zero-order valence-corrected chi connectivity index (χ0v) is 11.1. The summed E-state index contributed by atoms with van der Waals surface area (Å²) in [7, 11) is 0. The third-order valence-electron chi connectivity index (χ3n) is 4.27. The lowest BCUT2D eigenvalue weighted by Crippen LogP contribution is -2.39. The molecule has 0 saturated heterocycles. The summed E-state index contributed by atoms with van der Waals surface area (Å²) in [6, 6.07) is 0.587. The quantitative estimate of drug-likeness (QED) is 0.585. The summed E-state index contributed by atoms with van der Waals surface area (Å²) in [5, 5.41) is 3.36. The summed E-state index contributed by atoms with van der Waals surface area (Å²) in [5.41, 5.74) is 5.94. The van der Waals surface area contributed by atoms with E-state index in [-0.39, 0.29) is 0 Å². The van der Waals surface area contributed by atoms with Crippen LogP contribution in [0.4, 0.5) is 0 Å². The van der Waals surface area contributed by atoms with Gasteiger partial charge in [0.05, 0.1) is 0 Å². The number of hydrogen-bond acceptors (Lipinski definition) is 1. The van der Waals surface area contributed by atoms with Gasteiger partial charge in [0.1, 0.15) is 0 Å². The highest BCUT2D eigenvalue weighted by Crippen LogP contribution is 2.28. The molecule has 2 rings (SSSR count). The van der Waals surface area contributed by atoms with Gasteiger partial charge in [-0.3, -0.25) is 4.99 Å². The van der Waals surface area contributed by atoms with E-state index in [9.17, 15) is 0 Å². The number of nitrogens with one attached hydrogen (secondary N) is 1. The Kier molecular flexibility index (Phi) is 4.69. The smallest absolute Gasteiger partial charge is 0.188 e. The highest BCUT2D eigenvalue weighted by atomic mass is 15.1. The van der Waals surface area contributed by atoms with Crippen LogP contribution in [0.2, 0.25) is 0 Å². The van der Waals surface area contributed by atoms with E-state index in [0.29, 0.717) is 12.0 Å². The van der Waals surface area contributed by atoms with Crippen molar-refractivity contribution in [1.82, 2.24) is 5.32 Å². The van der Waals surface area contributed by atoms with Crippen LogP contribution in [0.15, 0.2) is 4.99 Å². The Labute approximate surface area is 105 Å². The fourth-order valence-electron chi connectivity index (χ4n) is 3.28. The summed E-state index contributed by atoms with van der Waals surface area (Å²) in [6.07, 6.45) is 10.6. The maximum atomic E-state index is 5.94. The van der Waals surface area contributed by atoms with Crippen molar-refractivity contribution in [3.05, 3.63) is 0 Å². The van der Waals surface area contributed by atoms with Crippen LogP contribution in [0.1, 0.15) is 58.3 Å². The topological polar surface area (TPSA) is 50.4 Å². The lowest BCUT2D eigenvalue weighted by Gasteiger charge is -2.25. The van der Waals surface area contributed by atoms with Gasteiger partial charge in [-0.25, -0.2) is 0 Å².